The number of aliphatic carboxylic acids is 1. The number of carbonyl (C=O) groups is 1. The van der Waals surface area contributed by atoms with Gasteiger partial charge < -0.3 is 5.11 Å². The Bertz CT molecular complexity index is 321. The quantitative estimate of drug-likeness (QED) is 0.793. The van der Waals surface area contributed by atoms with Crippen LogP contribution in [-0.2, 0) is 4.79 Å². The number of likely N-dealkylation sites (tertiary alicyclic amines) is 1. The molecule has 3 nitrogen and oxygen atoms in total. The summed E-state index contributed by atoms with van der Waals surface area (Å²) in [5, 5.41) is 9.36. The highest BCUT2D eigenvalue weighted by Crippen LogP contribution is 2.43. The Labute approximate surface area is 117 Å². The van der Waals surface area contributed by atoms with E-state index in [9.17, 15) is 9.90 Å². The number of carboxylic acids is 1. The van der Waals surface area contributed by atoms with E-state index in [2.05, 4.69) is 18.7 Å². The van der Waals surface area contributed by atoms with Crippen molar-refractivity contribution in [1.29, 1.82) is 0 Å². The monoisotopic (exact) mass is 267 g/mol. The maximum Gasteiger partial charge on any atom is 0.305 e. The second-order valence-electron chi connectivity index (χ2n) is 7.36. The molecule has 0 amide bonds. The van der Waals surface area contributed by atoms with E-state index in [1.807, 2.05) is 0 Å². The van der Waals surface area contributed by atoms with Gasteiger partial charge in [-0.25, -0.2) is 0 Å². The summed E-state index contributed by atoms with van der Waals surface area (Å²) in [5.74, 6) is -0.620. The van der Waals surface area contributed by atoms with Crippen LogP contribution in [-0.4, -0.2) is 34.6 Å². The average Bonchev–Trinajstić information content (AvgIpc) is 2.50. The number of piperidine rings is 1. The van der Waals surface area contributed by atoms with Gasteiger partial charge in [-0.1, -0.05) is 26.7 Å². The topological polar surface area (TPSA) is 40.5 Å². The maximum atomic E-state index is 11.4. The number of nitrogens with zero attached hydrogens (tertiary/aromatic N) is 1. The molecule has 0 aromatic heterocycles. The van der Waals surface area contributed by atoms with E-state index in [0.717, 1.165) is 32.4 Å². The van der Waals surface area contributed by atoms with Crippen molar-refractivity contribution in [2.45, 2.75) is 77.2 Å². The molecule has 0 spiro atoms. The Morgan fingerprint density at radius 3 is 2.32 bits per heavy atom. The zero-order valence-electron chi connectivity index (χ0n) is 12.6. The van der Waals surface area contributed by atoms with Gasteiger partial charge in [0.25, 0.3) is 0 Å². The lowest BCUT2D eigenvalue weighted by atomic mass is 9.80. The van der Waals surface area contributed by atoms with Crippen LogP contribution in [0.15, 0.2) is 0 Å². The zero-order chi connectivity index (χ0) is 13.9. The Balaban J connectivity index is 2.16. The molecule has 1 atom stereocenters. The molecule has 1 unspecified atom stereocenters. The molecule has 1 saturated carbocycles. The summed E-state index contributed by atoms with van der Waals surface area (Å²) in [5.41, 5.74) is 0.329. The molecular weight excluding hydrogens is 238 g/mol. The number of hydrogen-bond donors (Lipinski definition) is 1. The van der Waals surface area contributed by atoms with Crippen LogP contribution in [0, 0.1) is 5.41 Å². The summed E-state index contributed by atoms with van der Waals surface area (Å²) in [6.07, 6.45) is 9.84. The van der Waals surface area contributed by atoms with E-state index in [4.69, 9.17) is 0 Å². The van der Waals surface area contributed by atoms with Crippen LogP contribution in [0.25, 0.3) is 0 Å². The highest BCUT2D eigenvalue weighted by Gasteiger charge is 2.41. The zero-order valence-corrected chi connectivity index (χ0v) is 12.6. The Kier molecular flexibility index (Phi) is 4.54. The van der Waals surface area contributed by atoms with Gasteiger partial charge in [-0.15, -0.1) is 0 Å². The lowest BCUT2D eigenvalue weighted by Gasteiger charge is -2.45. The van der Waals surface area contributed by atoms with Crippen LogP contribution >= 0.6 is 0 Å². The molecule has 0 aromatic carbocycles. The molecule has 0 radical (unpaired) electrons. The molecule has 110 valence electrons. The number of rotatable bonds is 3. The molecule has 0 aromatic rings. The van der Waals surface area contributed by atoms with E-state index in [-0.39, 0.29) is 5.54 Å². The van der Waals surface area contributed by atoms with Gasteiger partial charge in [0.15, 0.2) is 0 Å². The first-order valence-corrected chi connectivity index (χ1v) is 7.91. The van der Waals surface area contributed by atoms with E-state index >= 15 is 0 Å². The van der Waals surface area contributed by atoms with E-state index in [1.54, 1.807) is 0 Å². The molecule has 1 aliphatic carbocycles. The molecule has 2 rings (SSSR count). The van der Waals surface area contributed by atoms with Crippen LogP contribution in [0.2, 0.25) is 0 Å². The highest BCUT2D eigenvalue weighted by molar-refractivity contribution is 5.68. The standard InChI is InChI=1S/C16H29NO2/c1-15(2)7-6-8-16(10-9-15,13-14(18)19)17-11-4-3-5-12-17/h3-13H2,1-2H3,(H,18,19). The largest absolute Gasteiger partial charge is 0.481 e. The summed E-state index contributed by atoms with van der Waals surface area (Å²) >= 11 is 0. The fourth-order valence-electron chi connectivity index (χ4n) is 3.97. The molecule has 1 heterocycles. The minimum atomic E-state index is -0.620. The maximum absolute atomic E-state index is 11.4. The third kappa shape index (κ3) is 3.71. The van der Waals surface area contributed by atoms with Crippen LogP contribution in [0.5, 0.6) is 0 Å². The van der Waals surface area contributed by atoms with Crippen LogP contribution < -0.4 is 0 Å². The van der Waals surface area contributed by atoms with Crippen molar-refractivity contribution in [3.8, 4) is 0 Å². The Morgan fingerprint density at radius 1 is 1.00 bits per heavy atom. The minimum absolute atomic E-state index is 0.0555. The van der Waals surface area contributed by atoms with Crippen molar-refractivity contribution >= 4 is 5.97 Å². The molecule has 3 heteroatoms. The molecule has 0 bridgehead atoms. The van der Waals surface area contributed by atoms with Gasteiger partial charge >= 0.3 is 5.97 Å². The molecule has 2 aliphatic rings. The van der Waals surface area contributed by atoms with Crippen LogP contribution in [0.4, 0.5) is 0 Å². The highest BCUT2D eigenvalue weighted by atomic mass is 16.4. The minimum Gasteiger partial charge on any atom is -0.481 e. The van der Waals surface area contributed by atoms with Gasteiger partial charge in [-0.05, 0) is 57.0 Å². The smallest absolute Gasteiger partial charge is 0.305 e. The molecule has 19 heavy (non-hydrogen) atoms. The first kappa shape index (κ1) is 14.8. The summed E-state index contributed by atoms with van der Waals surface area (Å²) in [6.45, 7) is 6.88. The fourth-order valence-corrected chi connectivity index (χ4v) is 3.97. The van der Waals surface area contributed by atoms with Gasteiger partial charge in [0.05, 0.1) is 6.42 Å². The van der Waals surface area contributed by atoms with Crippen molar-refractivity contribution in [3.63, 3.8) is 0 Å². The first-order chi connectivity index (χ1) is 8.94. The van der Waals surface area contributed by atoms with E-state index < -0.39 is 5.97 Å². The predicted molar refractivity (Wildman–Crippen MR) is 77.3 cm³/mol. The third-order valence-electron chi connectivity index (χ3n) is 5.27. The molecule has 1 N–H and O–H groups in total. The third-order valence-corrected chi connectivity index (χ3v) is 5.27. The lowest BCUT2D eigenvalue weighted by Crippen LogP contribution is -2.52. The first-order valence-electron chi connectivity index (χ1n) is 7.91. The van der Waals surface area contributed by atoms with Crippen molar-refractivity contribution < 1.29 is 9.90 Å². The second kappa shape index (κ2) is 5.82. The van der Waals surface area contributed by atoms with Crippen molar-refractivity contribution in [1.82, 2.24) is 4.90 Å². The molecule has 2 fully saturated rings. The Morgan fingerprint density at radius 2 is 1.68 bits per heavy atom. The van der Waals surface area contributed by atoms with Gasteiger partial charge in [-0.2, -0.15) is 0 Å². The summed E-state index contributed by atoms with van der Waals surface area (Å²) in [6, 6.07) is 0. The average molecular weight is 267 g/mol. The van der Waals surface area contributed by atoms with Crippen LogP contribution in [0.3, 0.4) is 0 Å². The summed E-state index contributed by atoms with van der Waals surface area (Å²) < 4.78 is 0. The van der Waals surface area contributed by atoms with Crippen molar-refractivity contribution in [2.75, 3.05) is 13.1 Å². The molecule has 1 saturated heterocycles. The summed E-state index contributed by atoms with van der Waals surface area (Å²) in [4.78, 5) is 13.9. The number of hydrogen-bond acceptors (Lipinski definition) is 2. The van der Waals surface area contributed by atoms with E-state index in [0.29, 0.717) is 11.8 Å². The summed E-state index contributed by atoms with van der Waals surface area (Å²) in [7, 11) is 0. The van der Waals surface area contributed by atoms with Gasteiger partial charge in [0.2, 0.25) is 0 Å². The van der Waals surface area contributed by atoms with Gasteiger partial charge in [0.1, 0.15) is 0 Å². The van der Waals surface area contributed by atoms with Gasteiger partial charge in [-0.3, -0.25) is 9.69 Å². The second-order valence-corrected chi connectivity index (χ2v) is 7.36. The van der Waals surface area contributed by atoms with E-state index in [1.165, 1.54) is 32.1 Å². The van der Waals surface area contributed by atoms with Crippen molar-refractivity contribution in [3.05, 3.63) is 0 Å². The number of carboxylic acid groups (broad SMARTS) is 1. The normalized spacial score (nSPS) is 32.7. The van der Waals surface area contributed by atoms with Gasteiger partial charge in [0, 0.05) is 5.54 Å². The molecule has 1 aliphatic heterocycles. The lowest BCUT2D eigenvalue weighted by molar-refractivity contribution is -0.141. The SMILES string of the molecule is CC1(C)CCCC(CC(=O)O)(N2CCCCC2)CC1. The predicted octanol–water partition coefficient (Wildman–Crippen LogP) is 3.68. The van der Waals surface area contributed by atoms with Crippen LogP contribution in [0.1, 0.15) is 71.6 Å². The van der Waals surface area contributed by atoms with Crippen molar-refractivity contribution in [2.24, 2.45) is 5.41 Å². The fraction of sp³-hybridized carbons (Fsp3) is 0.938. The molecular formula is C16H29NO2. The Hall–Kier alpha value is -0.570.